The third-order valence-electron chi connectivity index (χ3n) is 6.86. The highest BCUT2D eigenvalue weighted by atomic mass is 16.6. The Hall–Kier alpha value is -4.08. The number of anilines is 2. The molecule has 0 fully saturated rings. The van der Waals surface area contributed by atoms with Gasteiger partial charge in [0, 0.05) is 24.5 Å². The van der Waals surface area contributed by atoms with Crippen LogP contribution in [0.5, 0.6) is 0 Å². The Balaban J connectivity index is 1.84. The summed E-state index contributed by atoms with van der Waals surface area (Å²) in [5.74, 6) is -0.699. The highest BCUT2D eigenvalue weighted by Crippen LogP contribution is 2.58. The van der Waals surface area contributed by atoms with Gasteiger partial charge >= 0.3 is 12.2 Å². The molecule has 0 spiro atoms. The number of amides is 4. The first-order valence-electron chi connectivity index (χ1n) is 12.0. The SMILES string of the molecule is CCOC(=O)NCCC1(C2(CCNC(=O)OCC)C(=O)Nc3ccccc32)C(=O)Nc2ccccc21. The van der Waals surface area contributed by atoms with Crippen LogP contribution >= 0.6 is 0 Å². The van der Waals surface area contributed by atoms with E-state index >= 15 is 0 Å². The maximum atomic E-state index is 14.0. The van der Waals surface area contributed by atoms with E-state index in [1.54, 1.807) is 26.0 Å². The van der Waals surface area contributed by atoms with Crippen molar-refractivity contribution in [2.45, 2.75) is 37.5 Å². The van der Waals surface area contributed by atoms with Crippen molar-refractivity contribution in [1.29, 1.82) is 0 Å². The minimum atomic E-state index is -1.38. The monoisotopic (exact) mass is 494 g/mol. The topological polar surface area (TPSA) is 135 Å². The fraction of sp³-hybridized carbons (Fsp3) is 0.385. The van der Waals surface area contributed by atoms with Gasteiger partial charge in [-0.05, 0) is 49.9 Å². The number of hydrogen-bond acceptors (Lipinski definition) is 6. The average molecular weight is 495 g/mol. The summed E-state index contributed by atoms with van der Waals surface area (Å²) in [5, 5.41) is 11.3. The number of alkyl carbamates (subject to hydrolysis) is 2. The lowest BCUT2D eigenvalue weighted by Crippen LogP contribution is -2.59. The number of rotatable bonds is 9. The first kappa shape index (κ1) is 25.0. The lowest BCUT2D eigenvalue weighted by Gasteiger charge is -2.44. The molecule has 0 radical (unpaired) electrons. The van der Waals surface area contributed by atoms with Crippen LogP contribution in [-0.4, -0.2) is 50.3 Å². The van der Waals surface area contributed by atoms with E-state index in [4.69, 9.17) is 9.47 Å². The van der Waals surface area contributed by atoms with E-state index in [9.17, 15) is 19.2 Å². The Morgan fingerprint density at radius 2 is 1.11 bits per heavy atom. The zero-order valence-corrected chi connectivity index (χ0v) is 20.3. The summed E-state index contributed by atoms with van der Waals surface area (Å²) in [6.45, 7) is 3.99. The second-order valence-corrected chi connectivity index (χ2v) is 8.60. The molecule has 0 saturated carbocycles. The molecule has 10 nitrogen and oxygen atoms in total. The number of hydrogen-bond donors (Lipinski definition) is 4. The fourth-order valence-electron chi connectivity index (χ4n) is 5.47. The van der Waals surface area contributed by atoms with Crippen molar-refractivity contribution in [3.8, 4) is 0 Å². The van der Waals surface area contributed by atoms with Crippen molar-refractivity contribution in [1.82, 2.24) is 10.6 Å². The van der Waals surface area contributed by atoms with Crippen LogP contribution in [0.15, 0.2) is 48.5 Å². The molecule has 0 aliphatic carbocycles. The van der Waals surface area contributed by atoms with E-state index in [2.05, 4.69) is 21.3 Å². The largest absolute Gasteiger partial charge is 0.450 e. The van der Waals surface area contributed by atoms with E-state index in [-0.39, 0.29) is 51.0 Å². The number of carbonyl (C=O) groups is 4. The van der Waals surface area contributed by atoms with E-state index in [1.165, 1.54) is 0 Å². The van der Waals surface area contributed by atoms with Crippen LogP contribution in [0, 0.1) is 0 Å². The highest BCUT2D eigenvalue weighted by Gasteiger charge is 2.67. The summed E-state index contributed by atoms with van der Waals surface area (Å²) in [6.07, 6.45) is -0.965. The van der Waals surface area contributed by atoms with Crippen LogP contribution in [-0.2, 0) is 29.9 Å². The van der Waals surface area contributed by atoms with Crippen molar-refractivity contribution in [2.75, 3.05) is 36.9 Å². The van der Waals surface area contributed by atoms with Crippen LogP contribution in [0.2, 0.25) is 0 Å². The van der Waals surface area contributed by atoms with Crippen molar-refractivity contribution in [2.24, 2.45) is 0 Å². The second kappa shape index (κ2) is 10.3. The van der Waals surface area contributed by atoms with Gasteiger partial charge in [0.2, 0.25) is 11.8 Å². The third-order valence-corrected chi connectivity index (χ3v) is 6.86. The molecule has 0 bridgehead atoms. The molecule has 2 heterocycles. The molecule has 0 aromatic heterocycles. The summed E-state index contributed by atoms with van der Waals surface area (Å²) in [7, 11) is 0. The van der Waals surface area contributed by atoms with Gasteiger partial charge in [0.15, 0.2) is 0 Å². The minimum Gasteiger partial charge on any atom is -0.450 e. The Morgan fingerprint density at radius 3 is 1.50 bits per heavy atom. The molecule has 4 amide bonds. The van der Waals surface area contributed by atoms with Crippen LogP contribution < -0.4 is 21.3 Å². The molecule has 2 unspecified atom stereocenters. The predicted molar refractivity (Wildman–Crippen MR) is 133 cm³/mol. The third kappa shape index (κ3) is 4.02. The van der Waals surface area contributed by atoms with Gasteiger partial charge in [-0.1, -0.05) is 36.4 Å². The zero-order chi connectivity index (χ0) is 25.8. The predicted octanol–water partition coefficient (Wildman–Crippen LogP) is 3.04. The molecule has 2 aliphatic heterocycles. The Morgan fingerprint density at radius 1 is 0.722 bits per heavy atom. The first-order valence-corrected chi connectivity index (χ1v) is 12.0. The standard InChI is InChI=1S/C26H30N4O6/c1-3-35-23(33)27-15-13-25(17-9-5-7-11-19(17)29-21(25)31)26(14-16-28-24(34)36-4-2)18-10-6-8-12-20(18)30-22(26)32/h5-12H,3-4,13-16H2,1-2H3,(H,27,33)(H,28,34)(H,29,31)(H,30,32). The van der Waals surface area contributed by atoms with Gasteiger partial charge < -0.3 is 30.7 Å². The van der Waals surface area contributed by atoms with Crippen LogP contribution in [0.4, 0.5) is 21.0 Å². The number of fused-ring (bicyclic) bond motifs is 2. The molecular weight excluding hydrogens is 464 g/mol. The Labute approximate surface area is 209 Å². The van der Waals surface area contributed by atoms with Crippen LogP contribution in [0.1, 0.15) is 37.8 Å². The van der Waals surface area contributed by atoms with Crippen molar-refractivity contribution >= 4 is 35.4 Å². The number of nitrogens with one attached hydrogen (secondary N) is 4. The summed E-state index contributed by atoms with van der Waals surface area (Å²) >= 11 is 0. The fourth-order valence-corrected chi connectivity index (χ4v) is 5.47. The van der Waals surface area contributed by atoms with Gasteiger partial charge in [0.05, 0.1) is 24.0 Å². The molecule has 4 rings (SSSR count). The zero-order valence-electron chi connectivity index (χ0n) is 20.3. The molecule has 2 aliphatic rings. The van der Waals surface area contributed by atoms with Gasteiger partial charge in [-0.3, -0.25) is 9.59 Å². The van der Waals surface area contributed by atoms with Crippen molar-refractivity contribution in [3.63, 3.8) is 0 Å². The van der Waals surface area contributed by atoms with Crippen molar-refractivity contribution in [3.05, 3.63) is 59.7 Å². The maximum Gasteiger partial charge on any atom is 0.407 e. The quantitative estimate of drug-likeness (QED) is 0.423. The van der Waals surface area contributed by atoms with Gasteiger partial charge in [-0.25, -0.2) is 9.59 Å². The smallest absolute Gasteiger partial charge is 0.407 e. The molecule has 2 atom stereocenters. The van der Waals surface area contributed by atoms with E-state index < -0.39 is 23.0 Å². The summed E-state index contributed by atoms with van der Waals surface area (Å²) in [6, 6.07) is 14.5. The molecule has 36 heavy (non-hydrogen) atoms. The van der Waals surface area contributed by atoms with E-state index in [0.29, 0.717) is 22.5 Å². The van der Waals surface area contributed by atoms with E-state index in [0.717, 1.165) is 0 Å². The molecule has 10 heteroatoms. The van der Waals surface area contributed by atoms with Crippen LogP contribution in [0.25, 0.3) is 0 Å². The number of carbonyl (C=O) groups excluding carboxylic acids is 4. The van der Waals surface area contributed by atoms with Gasteiger partial charge in [-0.2, -0.15) is 0 Å². The second-order valence-electron chi connectivity index (χ2n) is 8.60. The molecule has 190 valence electrons. The Kier molecular flexibility index (Phi) is 7.14. The lowest BCUT2D eigenvalue weighted by molar-refractivity contribution is -0.133. The van der Waals surface area contributed by atoms with E-state index in [1.807, 2.05) is 36.4 Å². The molecule has 2 aromatic rings. The first-order chi connectivity index (χ1) is 17.4. The summed E-state index contributed by atoms with van der Waals surface area (Å²) in [4.78, 5) is 52.0. The molecule has 0 saturated heterocycles. The number of benzene rings is 2. The van der Waals surface area contributed by atoms with Gasteiger partial charge in [0.25, 0.3) is 0 Å². The number of para-hydroxylation sites is 2. The Bertz CT molecular complexity index is 1090. The summed E-state index contributed by atoms with van der Waals surface area (Å²) in [5.41, 5.74) is -0.235. The number of ether oxygens (including phenoxy) is 2. The van der Waals surface area contributed by atoms with Crippen molar-refractivity contribution < 1.29 is 28.7 Å². The normalized spacial score (nSPS) is 21.6. The molecular formula is C26H30N4O6. The van der Waals surface area contributed by atoms with Crippen LogP contribution in [0.3, 0.4) is 0 Å². The molecule has 2 aromatic carbocycles. The highest BCUT2D eigenvalue weighted by molar-refractivity contribution is 6.17. The van der Waals surface area contributed by atoms with Gasteiger partial charge in [0.1, 0.15) is 0 Å². The lowest BCUT2D eigenvalue weighted by atomic mass is 9.54. The summed E-state index contributed by atoms with van der Waals surface area (Å²) < 4.78 is 9.97. The van der Waals surface area contributed by atoms with Gasteiger partial charge in [-0.15, -0.1) is 0 Å². The molecule has 4 N–H and O–H groups in total. The minimum absolute atomic E-state index is 0.0864. The maximum absolute atomic E-state index is 14.0. The average Bonchev–Trinajstić information content (AvgIpc) is 3.31.